The van der Waals surface area contributed by atoms with E-state index in [-0.39, 0.29) is 17.8 Å². The van der Waals surface area contributed by atoms with E-state index in [1.54, 1.807) is 19.1 Å². The van der Waals surface area contributed by atoms with E-state index in [1.807, 2.05) is 0 Å². The summed E-state index contributed by atoms with van der Waals surface area (Å²) in [6, 6.07) is 4.85. The summed E-state index contributed by atoms with van der Waals surface area (Å²) in [5.74, 6) is -0.0382. The van der Waals surface area contributed by atoms with Gasteiger partial charge in [0.1, 0.15) is 5.82 Å². The van der Waals surface area contributed by atoms with Crippen LogP contribution in [0.5, 0.6) is 0 Å². The summed E-state index contributed by atoms with van der Waals surface area (Å²) in [6.07, 6.45) is 3.11. The molecule has 17 heavy (non-hydrogen) atoms. The maximum Gasteiger partial charge on any atom is 0.126 e. The van der Waals surface area contributed by atoms with Gasteiger partial charge in [-0.1, -0.05) is 12.1 Å². The average Bonchev–Trinajstić information content (AvgIpc) is 2.93. The van der Waals surface area contributed by atoms with Gasteiger partial charge in [-0.3, -0.25) is 0 Å². The van der Waals surface area contributed by atoms with Crippen molar-refractivity contribution in [2.45, 2.75) is 44.5 Å². The number of aliphatic hydroxyl groups excluding tert-OH is 1. The number of ether oxygens (including phenoxy) is 1. The van der Waals surface area contributed by atoms with Gasteiger partial charge in [0.05, 0.1) is 18.3 Å². The van der Waals surface area contributed by atoms with Gasteiger partial charge in [-0.15, -0.1) is 0 Å². The number of fused-ring (bicyclic) bond motifs is 2. The van der Waals surface area contributed by atoms with Crippen LogP contribution in [-0.4, -0.2) is 17.3 Å². The quantitative estimate of drug-likeness (QED) is 0.855. The highest BCUT2D eigenvalue weighted by atomic mass is 19.1. The van der Waals surface area contributed by atoms with Gasteiger partial charge in [0.15, 0.2) is 0 Å². The van der Waals surface area contributed by atoms with Crippen LogP contribution in [0.1, 0.15) is 36.5 Å². The van der Waals surface area contributed by atoms with E-state index in [4.69, 9.17) is 4.74 Å². The Labute approximate surface area is 100 Å². The van der Waals surface area contributed by atoms with Crippen LogP contribution in [0.15, 0.2) is 18.2 Å². The van der Waals surface area contributed by atoms with Crippen LogP contribution in [0.3, 0.4) is 0 Å². The van der Waals surface area contributed by atoms with Gasteiger partial charge >= 0.3 is 0 Å². The highest BCUT2D eigenvalue weighted by Crippen LogP contribution is 2.44. The summed E-state index contributed by atoms with van der Waals surface area (Å²) < 4.78 is 18.9. The van der Waals surface area contributed by atoms with Crippen molar-refractivity contribution in [2.75, 3.05) is 0 Å². The van der Waals surface area contributed by atoms with Crippen LogP contribution in [0, 0.1) is 18.7 Å². The molecule has 92 valence electrons. The Morgan fingerprint density at radius 1 is 1.41 bits per heavy atom. The molecule has 3 heteroatoms. The molecule has 2 bridgehead atoms. The van der Waals surface area contributed by atoms with E-state index < -0.39 is 6.10 Å². The molecule has 2 saturated heterocycles. The molecule has 4 atom stereocenters. The molecular weight excluding hydrogens is 219 g/mol. The number of rotatable bonds is 2. The van der Waals surface area contributed by atoms with Crippen molar-refractivity contribution >= 4 is 0 Å². The zero-order valence-electron chi connectivity index (χ0n) is 9.90. The maximum atomic E-state index is 13.2. The monoisotopic (exact) mass is 236 g/mol. The van der Waals surface area contributed by atoms with E-state index in [0.29, 0.717) is 11.7 Å². The number of aryl methyl sites for hydroxylation is 1. The van der Waals surface area contributed by atoms with E-state index in [2.05, 4.69) is 0 Å². The van der Waals surface area contributed by atoms with Crippen molar-refractivity contribution in [1.82, 2.24) is 0 Å². The molecule has 1 aromatic rings. The van der Waals surface area contributed by atoms with Crippen LogP contribution in [0.25, 0.3) is 0 Å². The molecule has 2 aliphatic rings. The minimum absolute atomic E-state index is 0.179. The lowest BCUT2D eigenvalue weighted by Gasteiger charge is -2.24. The molecule has 4 unspecified atom stereocenters. The lowest BCUT2D eigenvalue weighted by molar-refractivity contribution is 0.0422. The Bertz CT molecular complexity index is 432. The molecule has 2 nitrogen and oxygen atoms in total. The molecular formula is C14H17FO2. The Kier molecular flexibility index (Phi) is 2.68. The molecule has 0 amide bonds. The Balaban J connectivity index is 1.81. The highest BCUT2D eigenvalue weighted by Gasteiger charge is 2.44. The summed E-state index contributed by atoms with van der Waals surface area (Å²) in [7, 11) is 0. The summed E-state index contributed by atoms with van der Waals surface area (Å²) in [5, 5.41) is 10.4. The fraction of sp³-hybridized carbons (Fsp3) is 0.571. The standard InChI is InChI=1S/C14H17FO2/c1-8-6-9(2-4-12(8)15)14(16)11-7-10-3-5-13(11)17-10/h2,4,6,10-11,13-14,16H,3,5,7H2,1H3. The molecule has 0 aromatic heterocycles. The third-order valence-electron chi connectivity index (χ3n) is 4.08. The van der Waals surface area contributed by atoms with Crippen molar-refractivity contribution in [2.24, 2.45) is 5.92 Å². The van der Waals surface area contributed by atoms with Gasteiger partial charge in [0.25, 0.3) is 0 Å². The van der Waals surface area contributed by atoms with Crippen LogP contribution in [0.2, 0.25) is 0 Å². The first-order valence-corrected chi connectivity index (χ1v) is 6.24. The molecule has 2 aliphatic heterocycles. The third-order valence-corrected chi connectivity index (χ3v) is 4.08. The SMILES string of the molecule is Cc1cc(C(O)C2CC3CCC2O3)ccc1F. The predicted molar refractivity (Wildman–Crippen MR) is 62.1 cm³/mol. The molecule has 3 rings (SSSR count). The summed E-state index contributed by atoms with van der Waals surface area (Å²) in [6.45, 7) is 1.73. The minimum Gasteiger partial charge on any atom is -0.388 e. The zero-order chi connectivity index (χ0) is 12.0. The summed E-state index contributed by atoms with van der Waals surface area (Å²) >= 11 is 0. The first kappa shape index (κ1) is 11.2. The summed E-state index contributed by atoms with van der Waals surface area (Å²) in [4.78, 5) is 0. The topological polar surface area (TPSA) is 29.5 Å². The van der Waals surface area contributed by atoms with Gasteiger partial charge in [-0.2, -0.15) is 0 Å². The Morgan fingerprint density at radius 2 is 2.24 bits per heavy atom. The van der Waals surface area contributed by atoms with Crippen LogP contribution >= 0.6 is 0 Å². The minimum atomic E-state index is -0.524. The molecule has 0 saturated carbocycles. The Morgan fingerprint density at radius 3 is 2.82 bits per heavy atom. The van der Waals surface area contributed by atoms with Crippen LogP contribution in [-0.2, 0) is 4.74 Å². The predicted octanol–water partition coefficient (Wildman–Crippen LogP) is 2.74. The normalized spacial score (nSPS) is 33.0. The molecule has 1 N–H and O–H groups in total. The third kappa shape index (κ3) is 1.87. The zero-order valence-corrected chi connectivity index (χ0v) is 9.90. The number of hydrogen-bond acceptors (Lipinski definition) is 2. The van der Waals surface area contributed by atoms with E-state index >= 15 is 0 Å². The van der Waals surface area contributed by atoms with Crippen LogP contribution < -0.4 is 0 Å². The maximum absolute atomic E-state index is 13.2. The van der Waals surface area contributed by atoms with Gasteiger partial charge < -0.3 is 9.84 Å². The first-order chi connectivity index (χ1) is 8.15. The van der Waals surface area contributed by atoms with Crippen molar-refractivity contribution in [3.05, 3.63) is 35.1 Å². The van der Waals surface area contributed by atoms with Crippen molar-refractivity contribution in [1.29, 1.82) is 0 Å². The van der Waals surface area contributed by atoms with E-state index in [9.17, 15) is 9.50 Å². The van der Waals surface area contributed by atoms with Crippen LogP contribution in [0.4, 0.5) is 4.39 Å². The molecule has 0 radical (unpaired) electrons. The first-order valence-electron chi connectivity index (χ1n) is 6.24. The van der Waals surface area contributed by atoms with Gasteiger partial charge in [0, 0.05) is 5.92 Å². The van der Waals surface area contributed by atoms with Gasteiger partial charge in [-0.05, 0) is 43.4 Å². The molecule has 0 spiro atoms. The fourth-order valence-electron chi connectivity index (χ4n) is 3.11. The molecule has 2 heterocycles. The number of aliphatic hydroxyl groups is 1. The largest absolute Gasteiger partial charge is 0.388 e. The molecule has 1 aromatic carbocycles. The number of halogens is 1. The highest BCUT2D eigenvalue weighted by molar-refractivity contribution is 5.26. The van der Waals surface area contributed by atoms with Gasteiger partial charge in [0.2, 0.25) is 0 Å². The second-order valence-electron chi connectivity index (χ2n) is 5.23. The lowest BCUT2D eigenvalue weighted by Crippen LogP contribution is -2.23. The van der Waals surface area contributed by atoms with E-state index in [1.165, 1.54) is 6.07 Å². The fourth-order valence-corrected chi connectivity index (χ4v) is 3.11. The van der Waals surface area contributed by atoms with E-state index in [0.717, 1.165) is 24.8 Å². The second-order valence-corrected chi connectivity index (χ2v) is 5.23. The molecule has 2 fully saturated rings. The van der Waals surface area contributed by atoms with Crippen molar-refractivity contribution in [3.8, 4) is 0 Å². The molecule has 0 aliphatic carbocycles. The lowest BCUT2D eigenvalue weighted by atomic mass is 9.82. The Hall–Kier alpha value is -0.930. The second kappa shape index (κ2) is 4.07. The number of hydrogen-bond donors (Lipinski definition) is 1. The van der Waals surface area contributed by atoms with Crippen molar-refractivity contribution in [3.63, 3.8) is 0 Å². The smallest absolute Gasteiger partial charge is 0.126 e. The van der Waals surface area contributed by atoms with Crippen molar-refractivity contribution < 1.29 is 14.2 Å². The number of benzene rings is 1. The summed E-state index contributed by atoms with van der Waals surface area (Å²) in [5.41, 5.74) is 1.40. The average molecular weight is 236 g/mol. The van der Waals surface area contributed by atoms with Gasteiger partial charge in [-0.25, -0.2) is 4.39 Å².